The van der Waals surface area contributed by atoms with Crippen molar-refractivity contribution in [2.45, 2.75) is 289 Å². The van der Waals surface area contributed by atoms with Gasteiger partial charge in [0.25, 0.3) is 7.82 Å². The molecule has 1 amide bonds. The average molecular weight is 887 g/mol. The second kappa shape index (κ2) is 44.7. The summed E-state index contributed by atoms with van der Waals surface area (Å²) >= 11 is 0. The minimum atomic E-state index is -4.56. The molecule has 1 unspecified atom stereocenters. The van der Waals surface area contributed by atoms with E-state index < -0.39 is 20.0 Å². The summed E-state index contributed by atoms with van der Waals surface area (Å²) in [6.07, 6.45) is 51.2. The van der Waals surface area contributed by atoms with Gasteiger partial charge >= 0.3 is 0 Å². The number of phosphoric ester groups is 1. The first-order chi connectivity index (χ1) is 29.5. The number of nitrogens with zero attached hydrogens (tertiary/aromatic N) is 1. The zero-order valence-electron chi connectivity index (χ0n) is 41.7. The number of rotatable bonds is 50. The molecule has 0 aliphatic carbocycles. The third kappa shape index (κ3) is 47.3. The first-order valence-electron chi connectivity index (χ1n) is 26.9. The molecule has 0 aromatic heterocycles. The Morgan fingerprint density at radius 3 is 1.11 bits per heavy atom. The number of phosphoric acid groups is 1. The molecule has 0 aromatic rings. The van der Waals surface area contributed by atoms with Gasteiger partial charge in [0.05, 0.1) is 39.9 Å². The number of aliphatic hydroxyl groups excluding tert-OH is 1. The number of hydrogen-bond donors (Lipinski definition) is 2. The van der Waals surface area contributed by atoms with Gasteiger partial charge in [0, 0.05) is 6.42 Å². The van der Waals surface area contributed by atoms with Crippen LogP contribution in [0.5, 0.6) is 0 Å². The fourth-order valence-corrected chi connectivity index (χ4v) is 9.06. The van der Waals surface area contributed by atoms with Crippen LogP contribution in [0.2, 0.25) is 0 Å². The van der Waals surface area contributed by atoms with Gasteiger partial charge < -0.3 is 28.8 Å². The van der Waals surface area contributed by atoms with Crippen molar-refractivity contribution in [2.75, 3.05) is 40.9 Å². The van der Waals surface area contributed by atoms with Gasteiger partial charge in [-0.05, 0) is 12.8 Å². The summed E-state index contributed by atoms with van der Waals surface area (Å²) in [5.74, 6) is -0.158. The first-order valence-corrected chi connectivity index (χ1v) is 28.3. The Hall–Kier alpha value is -0.500. The number of unbranched alkanes of at least 4 members (excludes halogenated alkanes) is 37. The van der Waals surface area contributed by atoms with Crippen molar-refractivity contribution < 1.29 is 32.9 Å². The van der Waals surface area contributed by atoms with Crippen LogP contribution >= 0.6 is 7.82 Å². The maximum Gasteiger partial charge on any atom is 0.268 e. The lowest BCUT2D eigenvalue weighted by atomic mass is 10.0. The second-order valence-corrected chi connectivity index (χ2v) is 21.4. The van der Waals surface area contributed by atoms with Crippen LogP contribution < -0.4 is 10.2 Å². The number of quaternary nitrogens is 1. The van der Waals surface area contributed by atoms with Crippen LogP contribution in [0.15, 0.2) is 0 Å². The molecule has 0 saturated heterocycles. The van der Waals surface area contributed by atoms with E-state index in [0.717, 1.165) is 38.5 Å². The average Bonchev–Trinajstić information content (AvgIpc) is 3.21. The van der Waals surface area contributed by atoms with E-state index >= 15 is 0 Å². The van der Waals surface area contributed by atoms with Crippen molar-refractivity contribution in [3.63, 3.8) is 0 Å². The summed E-state index contributed by atoms with van der Waals surface area (Å²) < 4.78 is 23.4. The Bertz CT molecular complexity index is 963. The molecule has 3 atom stereocenters. The second-order valence-electron chi connectivity index (χ2n) is 20.0. The lowest BCUT2D eigenvalue weighted by Gasteiger charge is -2.30. The van der Waals surface area contributed by atoms with E-state index in [1.165, 1.54) is 212 Å². The van der Waals surface area contributed by atoms with Crippen LogP contribution in [-0.2, 0) is 18.4 Å². The first kappa shape index (κ1) is 60.5. The number of carbonyl (C=O) groups is 1. The molecule has 0 radical (unpaired) electrons. The van der Waals surface area contributed by atoms with E-state index in [-0.39, 0.29) is 19.1 Å². The molecular formula is C52H107N2O6P. The van der Waals surface area contributed by atoms with Crippen molar-refractivity contribution in [3.8, 4) is 0 Å². The summed E-state index contributed by atoms with van der Waals surface area (Å²) in [7, 11) is 1.32. The third-order valence-corrected chi connectivity index (χ3v) is 13.6. The van der Waals surface area contributed by atoms with Crippen molar-refractivity contribution in [1.82, 2.24) is 5.32 Å². The molecule has 9 heteroatoms. The van der Waals surface area contributed by atoms with E-state index in [2.05, 4.69) is 19.2 Å². The molecule has 366 valence electrons. The highest BCUT2D eigenvalue weighted by Crippen LogP contribution is 2.38. The van der Waals surface area contributed by atoms with Crippen molar-refractivity contribution in [2.24, 2.45) is 0 Å². The molecule has 0 aromatic carbocycles. The van der Waals surface area contributed by atoms with Crippen LogP contribution in [0.4, 0.5) is 0 Å². The molecule has 0 heterocycles. The van der Waals surface area contributed by atoms with Gasteiger partial charge in [-0.3, -0.25) is 9.36 Å². The maximum atomic E-state index is 12.9. The SMILES string of the molecule is CCCCCCCCCCCCCCCCCCCCCCCCCCCC(=O)N[C@@H](COP(=O)([O-])OCC[N+](C)(C)C)[C@H](O)CCCCCCCCCCCCCCCC. The Kier molecular flexibility index (Phi) is 44.3. The maximum absolute atomic E-state index is 12.9. The highest BCUT2D eigenvalue weighted by Gasteiger charge is 2.24. The normalized spacial score (nSPS) is 14.0. The van der Waals surface area contributed by atoms with Gasteiger partial charge in [0.15, 0.2) is 0 Å². The van der Waals surface area contributed by atoms with Gasteiger partial charge in [0.1, 0.15) is 13.2 Å². The molecule has 0 saturated carbocycles. The molecule has 8 nitrogen and oxygen atoms in total. The fraction of sp³-hybridized carbons (Fsp3) is 0.981. The Balaban J connectivity index is 4.10. The smallest absolute Gasteiger partial charge is 0.268 e. The van der Waals surface area contributed by atoms with Crippen LogP contribution in [0.3, 0.4) is 0 Å². The van der Waals surface area contributed by atoms with E-state index in [4.69, 9.17) is 9.05 Å². The van der Waals surface area contributed by atoms with E-state index in [0.29, 0.717) is 23.9 Å². The fourth-order valence-electron chi connectivity index (χ4n) is 8.34. The lowest BCUT2D eigenvalue weighted by Crippen LogP contribution is -2.46. The van der Waals surface area contributed by atoms with E-state index in [1.54, 1.807) is 0 Å². The Labute approximate surface area is 380 Å². The van der Waals surface area contributed by atoms with Crippen molar-refractivity contribution in [3.05, 3.63) is 0 Å². The number of amides is 1. The third-order valence-electron chi connectivity index (χ3n) is 12.6. The predicted molar refractivity (Wildman–Crippen MR) is 261 cm³/mol. The number of carbonyl (C=O) groups excluding carboxylic acids is 1. The van der Waals surface area contributed by atoms with Crippen LogP contribution in [-0.4, -0.2) is 68.5 Å². The minimum Gasteiger partial charge on any atom is -0.756 e. The van der Waals surface area contributed by atoms with E-state index in [9.17, 15) is 19.4 Å². The van der Waals surface area contributed by atoms with Gasteiger partial charge in [-0.25, -0.2) is 0 Å². The zero-order valence-corrected chi connectivity index (χ0v) is 42.5. The monoisotopic (exact) mass is 887 g/mol. The topological polar surface area (TPSA) is 108 Å². The lowest BCUT2D eigenvalue weighted by molar-refractivity contribution is -0.870. The van der Waals surface area contributed by atoms with Gasteiger partial charge in [-0.1, -0.05) is 258 Å². The molecule has 0 aliphatic heterocycles. The number of aliphatic hydroxyl groups is 1. The van der Waals surface area contributed by atoms with Gasteiger partial charge in [-0.15, -0.1) is 0 Å². The Morgan fingerprint density at radius 2 is 0.803 bits per heavy atom. The standard InChI is InChI=1S/C52H107N2O6P/c1-6-8-10-12-14-16-18-20-22-23-24-25-26-27-28-29-30-31-32-34-36-38-40-42-44-46-52(56)53-50(49-60-61(57,58)59-48-47-54(3,4)5)51(55)45-43-41-39-37-35-33-21-19-17-15-13-11-9-7-2/h50-51,55H,6-49H2,1-5H3,(H-,53,56,57,58)/t50-,51+/m0/s1. The largest absolute Gasteiger partial charge is 0.756 e. The Morgan fingerprint density at radius 1 is 0.508 bits per heavy atom. The van der Waals surface area contributed by atoms with Crippen molar-refractivity contribution >= 4 is 13.7 Å². The van der Waals surface area contributed by atoms with Crippen LogP contribution in [0.1, 0.15) is 277 Å². The molecule has 0 aliphatic rings. The quantitative estimate of drug-likeness (QED) is 0.0358. The predicted octanol–water partition coefficient (Wildman–Crippen LogP) is 15.1. The molecule has 2 N–H and O–H groups in total. The van der Waals surface area contributed by atoms with Crippen LogP contribution in [0, 0.1) is 0 Å². The summed E-state index contributed by atoms with van der Waals surface area (Å²) in [6, 6.07) is -0.794. The van der Waals surface area contributed by atoms with Crippen LogP contribution in [0.25, 0.3) is 0 Å². The molecule has 0 spiro atoms. The zero-order chi connectivity index (χ0) is 45.0. The summed E-state index contributed by atoms with van der Waals surface area (Å²) in [6.45, 7) is 4.76. The molecule has 61 heavy (non-hydrogen) atoms. The summed E-state index contributed by atoms with van der Waals surface area (Å²) in [5, 5.41) is 14.0. The molecule has 0 fully saturated rings. The number of nitrogens with one attached hydrogen (secondary N) is 1. The molecule has 0 bridgehead atoms. The minimum absolute atomic E-state index is 0.0164. The molecule has 0 rings (SSSR count). The van der Waals surface area contributed by atoms with Gasteiger partial charge in [0.2, 0.25) is 5.91 Å². The summed E-state index contributed by atoms with van der Waals surface area (Å²) in [4.78, 5) is 25.4. The number of likely N-dealkylation sites (N-methyl/N-ethyl adjacent to an activating group) is 1. The van der Waals surface area contributed by atoms with Gasteiger partial charge in [-0.2, -0.15) is 0 Å². The van der Waals surface area contributed by atoms with E-state index in [1.807, 2.05) is 21.1 Å². The highest BCUT2D eigenvalue weighted by molar-refractivity contribution is 7.45. The number of hydrogen-bond acceptors (Lipinski definition) is 6. The van der Waals surface area contributed by atoms with Crippen molar-refractivity contribution in [1.29, 1.82) is 0 Å². The highest BCUT2D eigenvalue weighted by atomic mass is 31.2. The summed E-state index contributed by atoms with van der Waals surface area (Å²) in [5.41, 5.74) is 0. The molecular weight excluding hydrogens is 780 g/mol.